The number of fused-ring (bicyclic) bond motifs is 1. The molecule has 0 bridgehead atoms. The Bertz CT molecular complexity index is 310. The van der Waals surface area contributed by atoms with Gasteiger partial charge in [0, 0.05) is 38.8 Å². The third-order valence-electron chi connectivity index (χ3n) is 4.20. The van der Waals surface area contributed by atoms with E-state index < -0.39 is 0 Å². The number of piperidine rings is 1. The van der Waals surface area contributed by atoms with E-state index in [1.807, 2.05) is 11.8 Å². The van der Waals surface area contributed by atoms with E-state index >= 15 is 0 Å². The van der Waals surface area contributed by atoms with Crippen LogP contribution in [-0.2, 0) is 19.0 Å². The fourth-order valence-corrected chi connectivity index (χ4v) is 3.23. The molecule has 2 fully saturated rings. The third kappa shape index (κ3) is 3.27. The molecule has 0 N–H and O–H groups in total. The molecule has 2 atom stereocenters. The Hall–Kier alpha value is -0.650. The van der Waals surface area contributed by atoms with Crippen LogP contribution in [0.25, 0.3) is 0 Å². The average Bonchev–Trinajstić information content (AvgIpc) is 2.45. The lowest BCUT2D eigenvalue weighted by Gasteiger charge is -2.50. The minimum absolute atomic E-state index is 0.0179. The Morgan fingerprint density at radius 1 is 1.53 bits per heavy atom. The molecule has 2 aliphatic rings. The van der Waals surface area contributed by atoms with Gasteiger partial charge in [0.25, 0.3) is 0 Å². The second-order valence-electron chi connectivity index (χ2n) is 5.50. The Morgan fingerprint density at radius 2 is 2.37 bits per heavy atom. The van der Waals surface area contributed by atoms with Crippen LogP contribution in [0.15, 0.2) is 0 Å². The van der Waals surface area contributed by atoms with Gasteiger partial charge in [0.2, 0.25) is 5.91 Å². The van der Waals surface area contributed by atoms with Crippen molar-refractivity contribution in [2.75, 3.05) is 46.6 Å². The second kappa shape index (κ2) is 6.68. The van der Waals surface area contributed by atoms with Gasteiger partial charge in [-0.2, -0.15) is 0 Å². The lowest BCUT2D eigenvalue weighted by molar-refractivity contribution is -0.166. The Balaban J connectivity index is 2.05. The van der Waals surface area contributed by atoms with Crippen LogP contribution < -0.4 is 0 Å². The van der Waals surface area contributed by atoms with E-state index in [2.05, 4.69) is 0 Å². The summed E-state index contributed by atoms with van der Waals surface area (Å²) in [7, 11) is 1.56. The highest BCUT2D eigenvalue weighted by molar-refractivity contribution is 5.77. The van der Waals surface area contributed by atoms with Gasteiger partial charge in [-0.25, -0.2) is 0 Å². The van der Waals surface area contributed by atoms with Crippen molar-refractivity contribution in [1.29, 1.82) is 0 Å². The van der Waals surface area contributed by atoms with E-state index in [-0.39, 0.29) is 24.0 Å². The summed E-state index contributed by atoms with van der Waals surface area (Å²) in [6.45, 7) is 5.90. The number of nitrogens with zero attached hydrogens (tertiary/aromatic N) is 1. The van der Waals surface area contributed by atoms with Crippen LogP contribution in [0.3, 0.4) is 0 Å². The van der Waals surface area contributed by atoms with Gasteiger partial charge in [-0.15, -0.1) is 0 Å². The fraction of sp³-hybridized carbons (Fsp3) is 0.929. The molecule has 5 heteroatoms. The Morgan fingerprint density at radius 3 is 3.11 bits per heavy atom. The third-order valence-corrected chi connectivity index (χ3v) is 4.20. The summed E-state index contributed by atoms with van der Waals surface area (Å²) < 4.78 is 16.5. The average molecular weight is 271 g/mol. The molecular weight excluding hydrogens is 246 g/mol. The van der Waals surface area contributed by atoms with Crippen LogP contribution in [0, 0.1) is 5.41 Å². The molecule has 2 saturated heterocycles. The number of methoxy groups -OCH3 is 1. The van der Waals surface area contributed by atoms with Crippen molar-refractivity contribution < 1.29 is 19.0 Å². The molecule has 0 saturated carbocycles. The van der Waals surface area contributed by atoms with Crippen molar-refractivity contribution in [2.45, 2.75) is 32.3 Å². The second-order valence-corrected chi connectivity index (χ2v) is 5.50. The van der Waals surface area contributed by atoms with E-state index in [0.717, 1.165) is 39.0 Å². The highest BCUT2D eigenvalue weighted by atomic mass is 16.5. The quantitative estimate of drug-likeness (QED) is 0.750. The molecule has 19 heavy (non-hydrogen) atoms. The van der Waals surface area contributed by atoms with Gasteiger partial charge in [0.05, 0.1) is 12.7 Å². The van der Waals surface area contributed by atoms with Crippen LogP contribution in [0.4, 0.5) is 0 Å². The van der Waals surface area contributed by atoms with Crippen LogP contribution in [0.2, 0.25) is 0 Å². The SMILES string of the molecule is CCOC[C@@]12CCCO[C@H]1CCN(C(=O)COC)C2. The zero-order valence-corrected chi connectivity index (χ0v) is 12.0. The molecule has 5 nitrogen and oxygen atoms in total. The normalized spacial score (nSPS) is 31.1. The van der Waals surface area contributed by atoms with Crippen molar-refractivity contribution in [3.8, 4) is 0 Å². The van der Waals surface area contributed by atoms with E-state index in [9.17, 15) is 4.79 Å². The van der Waals surface area contributed by atoms with Gasteiger partial charge in [-0.05, 0) is 26.2 Å². The van der Waals surface area contributed by atoms with Crippen LogP contribution >= 0.6 is 0 Å². The van der Waals surface area contributed by atoms with Gasteiger partial charge >= 0.3 is 0 Å². The zero-order chi connectivity index (χ0) is 13.7. The maximum Gasteiger partial charge on any atom is 0.248 e. The molecular formula is C14H25NO4. The molecule has 0 unspecified atom stereocenters. The van der Waals surface area contributed by atoms with Gasteiger partial charge in [-0.1, -0.05) is 0 Å². The van der Waals surface area contributed by atoms with Crippen LogP contribution in [0.1, 0.15) is 26.2 Å². The predicted molar refractivity (Wildman–Crippen MR) is 71.0 cm³/mol. The Labute approximate surface area is 115 Å². The lowest BCUT2D eigenvalue weighted by Crippen LogP contribution is -2.58. The number of likely N-dealkylation sites (tertiary alicyclic amines) is 1. The van der Waals surface area contributed by atoms with E-state index in [0.29, 0.717) is 13.2 Å². The van der Waals surface area contributed by atoms with Crippen molar-refractivity contribution in [2.24, 2.45) is 5.41 Å². The van der Waals surface area contributed by atoms with E-state index in [1.54, 1.807) is 7.11 Å². The number of ether oxygens (including phenoxy) is 3. The summed E-state index contributed by atoms with van der Waals surface area (Å²) in [6, 6.07) is 0. The standard InChI is InChI=1S/C14H25NO4/c1-3-18-11-14-6-4-8-19-12(14)5-7-15(10-14)13(16)9-17-2/h12H,3-11H2,1-2H3/t12-,14-/m0/s1. The summed E-state index contributed by atoms with van der Waals surface area (Å²) in [5.41, 5.74) is -0.0179. The van der Waals surface area contributed by atoms with Crippen LogP contribution in [-0.4, -0.2) is 63.5 Å². The van der Waals surface area contributed by atoms with Crippen LogP contribution in [0.5, 0.6) is 0 Å². The summed E-state index contributed by atoms with van der Waals surface area (Å²) >= 11 is 0. The molecule has 2 heterocycles. The zero-order valence-electron chi connectivity index (χ0n) is 12.0. The highest BCUT2D eigenvalue weighted by Crippen LogP contribution is 2.40. The maximum absolute atomic E-state index is 12.0. The smallest absolute Gasteiger partial charge is 0.248 e. The van der Waals surface area contributed by atoms with Gasteiger partial charge in [-0.3, -0.25) is 4.79 Å². The monoisotopic (exact) mass is 271 g/mol. The summed E-state index contributed by atoms with van der Waals surface area (Å²) in [6.07, 6.45) is 3.27. The van der Waals surface area contributed by atoms with Gasteiger partial charge in [0.15, 0.2) is 0 Å². The molecule has 0 spiro atoms. The maximum atomic E-state index is 12.0. The molecule has 0 aromatic rings. The first-order chi connectivity index (χ1) is 9.22. The molecule has 0 radical (unpaired) electrons. The lowest BCUT2D eigenvalue weighted by atomic mass is 9.73. The summed E-state index contributed by atoms with van der Waals surface area (Å²) in [4.78, 5) is 13.9. The molecule has 0 aromatic carbocycles. The van der Waals surface area contributed by atoms with E-state index in [4.69, 9.17) is 14.2 Å². The molecule has 2 aliphatic heterocycles. The molecule has 2 rings (SSSR count). The number of rotatable bonds is 5. The molecule has 0 aromatic heterocycles. The number of amides is 1. The summed E-state index contributed by atoms with van der Waals surface area (Å²) in [5.74, 6) is 0.0717. The first-order valence-corrected chi connectivity index (χ1v) is 7.18. The number of hydrogen-bond acceptors (Lipinski definition) is 4. The topological polar surface area (TPSA) is 48.0 Å². The van der Waals surface area contributed by atoms with Crippen molar-refractivity contribution >= 4 is 5.91 Å². The van der Waals surface area contributed by atoms with Crippen molar-refractivity contribution in [3.63, 3.8) is 0 Å². The number of carbonyl (C=O) groups excluding carboxylic acids is 1. The molecule has 110 valence electrons. The van der Waals surface area contributed by atoms with E-state index in [1.165, 1.54) is 0 Å². The largest absolute Gasteiger partial charge is 0.381 e. The fourth-order valence-electron chi connectivity index (χ4n) is 3.23. The minimum atomic E-state index is -0.0179. The van der Waals surface area contributed by atoms with Gasteiger partial charge in [0.1, 0.15) is 6.61 Å². The highest BCUT2D eigenvalue weighted by Gasteiger charge is 2.47. The first kappa shape index (κ1) is 14.8. The number of hydrogen-bond donors (Lipinski definition) is 0. The molecule has 1 amide bonds. The predicted octanol–water partition coefficient (Wildman–Crippen LogP) is 1.07. The van der Waals surface area contributed by atoms with Crippen molar-refractivity contribution in [3.05, 3.63) is 0 Å². The first-order valence-electron chi connectivity index (χ1n) is 7.18. The molecule has 0 aliphatic carbocycles. The van der Waals surface area contributed by atoms with Gasteiger partial charge < -0.3 is 19.1 Å². The summed E-state index contributed by atoms with van der Waals surface area (Å²) in [5, 5.41) is 0. The minimum Gasteiger partial charge on any atom is -0.381 e. The number of carbonyl (C=O) groups is 1. The van der Waals surface area contributed by atoms with Crippen molar-refractivity contribution in [1.82, 2.24) is 4.90 Å². The Kier molecular flexibility index (Phi) is 5.19.